The van der Waals surface area contributed by atoms with Crippen molar-refractivity contribution in [1.82, 2.24) is 24.8 Å². The number of hydrogen-bond donors (Lipinski definition) is 2. The number of rotatable bonds is 6. The van der Waals surface area contributed by atoms with Crippen molar-refractivity contribution in [3.8, 4) is 5.69 Å². The lowest BCUT2D eigenvalue weighted by molar-refractivity contribution is -0.600. The molecule has 0 radical (unpaired) electrons. The number of carbonyl (C=O) groups excluding carboxylic acids is 1. The monoisotopic (exact) mass is 490 g/mol. The Morgan fingerprint density at radius 2 is 2.00 bits per heavy atom. The van der Waals surface area contributed by atoms with Gasteiger partial charge in [0.2, 0.25) is 5.82 Å². The van der Waals surface area contributed by atoms with Crippen LogP contribution in [0.4, 0.5) is 14.6 Å². The van der Waals surface area contributed by atoms with Crippen molar-refractivity contribution < 1.29 is 27.9 Å². The Morgan fingerprint density at radius 1 is 1.26 bits per heavy atom. The van der Waals surface area contributed by atoms with Gasteiger partial charge in [-0.2, -0.15) is 9.78 Å². The van der Waals surface area contributed by atoms with E-state index in [-0.39, 0.29) is 41.4 Å². The van der Waals surface area contributed by atoms with Gasteiger partial charge in [0.25, 0.3) is 12.3 Å². The van der Waals surface area contributed by atoms with Gasteiger partial charge in [0.15, 0.2) is 11.3 Å². The summed E-state index contributed by atoms with van der Waals surface area (Å²) in [7, 11) is 1.52. The van der Waals surface area contributed by atoms with Crippen LogP contribution in [-0.4, -0.2) is 70.4 Å². The van der Waals surface area contributed by atoms with E-state index in [1.54, 1.807) is 21.6 Å². The van der Waals surface area contributed by atoms with E-state index in [0.717, 1.165) is 25.7 Å². The maximum atomic E-state index is 14.1. The Morgan fingerprint density at radius 3 is 2.66 bits per heavy atom. The fourth-order valence-corrected chi connectivity index (χ4v) is 4.96. The molecule has 3 aromatic rings. The standard InChI is InChI=1S/C23H29F2N7O3/c1-26-23(34)17-12-32(31-7-6-19(27-22(17)31)29-8-10-35-11-9-29)18-13-30(28-20(18)21(24)25)16-4-2-15(14-33)3-5-16/h6-7,12-13,15-16,21,33H,2-5,8-11,14H2,1H3/p+1. The molecule has 0 aromatic carbocycles. The van der Waals surface area contributed by atoms with Gasteiger partial charge in [0, 0.05) is 32.8 Å². The molecule has 0 bridgehead atoms. The van der Waals surface area contributed by atoms with Gasteiger partial charge in [0.1, 0.15) is 11.9 Å². The van der Waals surface area contributed by atoms with E-state index in [9.17, 15) is 18.7 Å². The number of ether oxygens (including phenoxy) is 1. The van der Waals surface area contributed by atoms with E-state index >= 15 is 0 Å². The third-order valence-electron chi connectivity index (χ3n) is 6.98. The number of hydrogen-bond acceptors (Lipinski definition) is 6. The highest BCUT2D eigenvalue weighted by molar-refractivity contribution is 5.98. The summed E-state index contributed by atoms with van der Waals surface area (Å²) >= 11 is 0. The van der Waals surface area contributed by atoms with Gasteiger partial charge in [-0.25, -0.2) is 8.78 Å². The van der Waals surface area contributed by atoms with Crippen molar-refractivity contribution >= 4 is 17.4 Å². The fraction of sp³-hybridized carbons (Fsp3) is 0.565. The van der Waals surface area contributed by atoms with Crippen LogP contribution < -0.4 is 14.7 Å². The van der Waals surface area contributed by atoms with Gasteiger partial charge in [0.05, 0.1) is 31.6 Å². The molecule has 2 N–H and O–H groups in total. The van der Waals surface area contributed by atoms with Crippen LogP contribution in [0.2, 0.25) is 0 Å². The minimum Gasteiger partial charge on any atom is -0.396 e. The Hall–Kier alpha value is -3.12. The van der Waals surface area contributed by atoms with E-state index in [0.29, 0.717) is 37.8 Å². The summed E-state index contributed by atoms with van der Waals surface area (Å²) in [4.78, 5) is 19.5. The molecule has 5 rings (SSSR count). The zero-order valence-corrected chi connectivity index (χ0v) is 19.6. The number of aliphatic hydroxyl groups is 1. The van der Waals surface area contributed by atoms with Crippen LogP contribution in [0, 0.1) is 5.92 Å². The van der Waals surface area contributed by atoms with Crippen molar-refractivity contribution in [2.24, 2.45) is 5.92 Å². The average Bonchev–Trinajstić information content (AvgIpc) is 3.51. The highest BCUT2D eigenvalue weighted by atomic mass is 19.3. The quantitative estimate of drug-likeness (QED) is 0.510. The molecule has 2 aliphatic rings. The first-order chi connectivity index (χ1) is 17.0. The van der Waals surface area contributed by atoms with Crippen LogP contribution in [0.25, 0.3) is 11.3 Å². The third kappa shape index (κ3) is 4.47. The molecular weight excluding hydrogens is 460 g/mol. The summed E-state index contributed by atoms with van der Waals surface area (Å²) < 4.78 is 38.4. The van der Waals surface area contributed by atoms with Crippen molar-refractivity contribution in [2.75, 3.05) is 44.9 Å². The van der Waals surface area contributed by atoms with Crippen molar-refractivity contribution in [3.05, 3.63) is 35.9 Å². The Balaban J connectivity index is 1.58. The molecule has 1 aliphatic carbocycles. The molecule has 2 fully saturated rings. The smallest absolute Gasteiger partial charge is 0.363 e. The minimum absolute atomic E-state index is 0.0136. The van der Waals surface area contributed by atoms with Crippen LogP contribution in [0.1, 0.15) is 54.2 Å². The second-order valence-electron chi connectivity index (χ2n) is 9.06. The lowest BCUT2D eigenvalue weighted by atomic mass is 9.87. The molecule has 0 spiro atoms. The van der Waals surface area contributed by atoms with Crippen LogP contribution in [-0.2, 0) is 4.74 Å². The molecule has 1 saturated heterocycles. The zero-order chi connectivity index (χ0) is 24.5. The van der Waals surface area contributed by atoms with E-state index in [1.807, 2.05) is 6.07 Å². The molecule has 35 heavy (non-hydrogen) atoms. The number of morpholine rings is 1. The second kappa shape index (κ2) is 9.86. The minimum atomic E-state index is -2.79. The number of halogens is 2. The molecule has 0 atom stereocenters. The first kappa shape index (κ1) is 23.6. The summed E-state index contributed by atoms with van der Waals surface area (Å²) in [5.74, 6) is 0.587. The van der Waals surface area contributed by atoms with Gasteiger partial charge in [-0.1, -0.05) is 0 Å². The number of fused-ring (bicyclic) bond motifs is 1. The molecule has 188 valence electrons. The normalized spacial score (nSPS) is 21.1. The summed E-state index contributed by atoms with van der Waals surface area (Å²) in [5, 5.41) is 16.3. The summed E-state index contributed by atoms with van der Waals surface area (Å²) in [5.41, 5.74) is 0.499. The highest BCUT2D eigenvalue weighted by Gasteiger charge is 2.31. The number of alkyl halides is 2. The SMILES string of the molecule is CNC(=O)c1cn(-c2cn(C3CCC(CO)CC3)nc2C(F)F)[n+]2ccc(N3CCOCC3)nc12. The number of carbonyl (C=O) groups is 1. The van der Waals surface area contributed by atoms with Gasteiger partial charge in [-0.3, -0.25) is 9.48 Å². The van der Waals surface area contributed by atoms with Gasteiger partial charge in [-0.05, 0) is 36.6 Å². The summed E-state index contributed by atoms with van der Waals surface area (Å²) in [6, 6.07) is 1.80. The molecular formula is C23H30F2N7O3+. The van der Waals surface area contributed by atoms with Crippen LogP contribution in [0.15, 0.2) is 24.7 Å². The first-order valence-corrected chi connectivity index (χ1v) is 12.0. The summed E-state index contributed by atoms with van der Waals surface area (Å²) in [6.45, 7) is 2.69. The Labute approximate surface area is 201 Å². The molecule has 1 amide bonds. The number of anilines is 1. The number of aromatic nitrogens is 5. The topological polar surface area (TPSA) is 102 Å². The fourth-order valence-electron chi connectivity index (χ4n) is 4.96. The molecule has 1 aliphatic heterocycles. The number of amides is 1. The lowest BCUT2D eigenvalue weighted by Gasteiger charge is -2.27. The predicted molar refractivity (Wildman–Crippen MR) is 122 cm³/mol. The molecule has 1 saturated carbocycles. The molecule has 4 heterocycles. The number of nitrogens with zero attached hydrogens (tertiary/aromatic N) is 6. The highest BCUT2D eigenvalue weighted by Crippen LogP contribution is 2.34. The Bertz CT molecular complexity index is 1200. The molecule has 10 nitrogen and oxygen atoms in total. The molecule has 3 aromatic heterocycles. The third-order valence-corrected chi connectivity index (χ3v) is 6.98. The average molecular weight is 491 g/mol. The largest absolute Gasteiger partial charge is 0.396 e. The van der Waals surface area contributed by atoms with Gasteiger partial charge < -0.3 is 20.1 Å². The maximum absolute atomic E-state index is 14.1. The van der Waals surface area contributed by atoms with E-state index in [4.69, 9.17) is 9.72 Å². The van der Waals surface area contributed by atoms with Crippen molar-refractivity contribution in [2.45, 2.75) is 38.2 Å². The molecule has 0 unspecified atom stereocenters. The number of aliphatic hydroxyl groups excluding tert-OH is 1. The Kier molecular flexibility index (Phi) is 6.65. The van der Waals surface area contributed by atoms with Crippen LogP contribution in [0.3, 0.4) is 0 Å². The first-order valence-electron chi connectivity index (χ1n) is 12.0. The zero-order valence-electron chi connectivity index (χ0n) is 19.6. The van der Waals surface area contributed by atoms with Crippen molar-refractivity contribution in [3.63, 3.8) is 0 Å². The maximum Gasteiger partial charge on any atom is 0.363 e. The van der Waals surface area contributed by atoms with E-state index in [2.05, 4.69) is 15.3 Å². The van der Waals surface area contributed by atoms with Gasteiger partial charge in [-0.15, -0.1) is 4.52 Å². The van der Waals surface area contributed by atoms with Crippen LogP contribution >= 0.6 is 0 Å². The van der Waals surface area contributed by atoms with E-state index in [1.165, 1.54) is 17.9 Å². The number of nitrogens with one attached hydrogen (secondary N) is 1. The van der Waals surface area contributed by atoms with E-state index < -0.39 is 6.43 Å². The second-order valence-corrected chi connectivity index (χ2v) is 9.06. The molecule has 12 heteroatoms. The lowest BCUT2D eigenvalue weighted by Crippen LogP contribution is -2.38. The summed E-state index contributed by atoms with van der Waals surface area (Å²) in [6.07, 6.45) is 5.29. The van der Waals surface area contributed by atoms with Gasteiger partial charge >= 0.3 is 5.65 Å². The predicted octanol–water partition coefficient (Wildman–Crippen LogP) is 1.66. The van der Waals surface area contributed by atoms with Crippen LogP contribution in [0.5, 0.6) is 0 Å². The van der Waals surface area contributed by atoms with Crippen molar-refractivity contribution in [1.29, 1.82) is 0 Å².